The molecular formula is C23H33N3OS. The summed E-state index contributed by atoms with van der Waals surface area (Å²) in [5, 5.41) is 4.50. The Kier molecular flexibility index (Phi) is 5.64. The summed E-state index contributed by atoms with van der Waals surface area (Å²) in [6, 6.07) is 4.80. The van der Waals surface area contributed by atoms with E-state index >= 15 is 0 Å². The highest BCUT2D eigenvalue weighted by Crippen LogP contribution is 2.34. The Morgan fingerprint density at radius 2 is 1.89 bits per heavy atom. The van der Waals surface area contributed by atoms with Crippen LogP contribution < -0.4 is 10.2 Å². The Morgan fingerprint density at radius 1 is 1.14 bits per heavy atom. The fourth-order valence-electron chi connectivity index (χ4n) is 4.91. The number of rotatable bonds is 3. The topological polar surface area (TPSA) is 45.2 Å². The van der Waals surface area contributed by atoms with Gasteiger partial charge in [0.25, 0.3) is 0 Å². The standard InChI is InChI=1S/C23H33N3OS/c1-14-12-16(3)21-20(13-14)28-23(25-21)26-10-8-18(9-11-26)22(27)24-19-7-5-6-15(2)17(19)4/h12-13,15,17-19H,5-11H2,1-4H3,(H,24,27)/t15-,17+,19-/m1/s1. The molecule has 0 unspecified atom stereocenters. The van der Waals surface area contributed by atoms with Crippen LogP contribution in [0.4, 0.5) is 5.13 Å². The minimum absolute atomic E-state index is 0.152. The van der Waals surface area contributed by atoms with Crippen molar-refractivity contribution in [3.8, 4) is 0 Å². The second kappa shape index (κ2) is 8.02. The van der Waals surface area contributed by atoms with E-state index in [4.69, 9.17) is 4.98 Å². The maximum Gasteiger partial charge on any atom is 0.223 e. The monoisotopic (exact) mass is 399 g/mol. The van der Waals surface area contributed by atoms with E-state index in [0.29, 0.717) is 17.9 Å². The number of nitrogens with zero attached hydrogens (tertiary/aromatic N) is 2. The molecule has 2 aromatic rings. The van der Waals surface area contributed by atoms with Gasteiger partial charge in [0.2, 0.25) is 5.91 Å². The number of fused-ring (bicyclic) bond motifs is 1. The smallest absolute Gasteiger partial charge is 0.223 e. The van der Waals surface area contributed by atoms with Gasteiger partial charge in [-0.2, -0.15) is 0 Å². The van der Waals surface area contributed by atoms with Gasteiger partial charge in [-0.05, 0) is 62.1 Å². The highest BCUT2D eigenvalue weighted by Gasteiger charge is 2.32. The van der Waals surface area contributed by atoms with E-state index in [1.165, 1.54) is 28.7 Å². The summed E-state index contributed by atoms with van der Waals surface area (Å²) in [5.41, 5.74) is 3.68. The van der Waals surface area contributed by atoms with Crippen LogP contribution in [0.3, 0.4) is 0 Å². The highest BCUT2D eigenvalue weighted by molar-refractivity contribution is 7.22. The number of carbonyl (C=O) groups excluding carboxylic acids is 1. The minimum atomic E-state index is 0.152. The summed E-state index contributed by atoms with van der Waals surface area (Å²) in [5.74, 6) is 1.74. The first-order valence-corrected chi connectivity index (χ1v) is 11.7. The normalized spacial score (nSPS) is 26.6. The van der Waals surface area contributed by atoms with Gasteiger partial charge in [-0.25, -0.2) is 4.98 Å². The van der Waals surface area contributed by atoms with Gasteiger partial charge in [0.1, 0.15) is 0 Å². The van der Waals surface area contributed by atoms with Crippen molar-refractivity contribution in [3.63, 3.8) is 0 Å². The van der Waals surface area contributed by atoms with Crippen molar-refractivity contribution in [2.45, 2.75) is 65.8 Å². The fraction of sp³-hybridized carbons (Fsp3) is 0.652. The Bertz CT molecular complexity index is 853. The Balaban J connectivity index is 1.37. The molecule has 1 amide bonds. The lowest BCUT2D eigenvalue weighted by Crippen LogP contribution is -2.48. The molecule has 2 fully saturated rings. The van der Waals surface area contributed by atoms with Gasteiger partial charge in [0.15, 0.2) is 5.13 Å². The lowest BCUT2D eigenvalue weighted by atomic mass is 9.78. The molecule has 1 aliphatic heterocycles. The van der Waals surface area contributed by atoms with E-state index in [-0.39, 0.29) is 11.8 Å². The SMILES string of the molecule is Cc1cc(C)c2nc(N3CCC(C(=O)N[C@@H]4CCC[C@@H](C)[C@@H]4C)CC3)sc2c1. The summed E-state index contributed by atoms with van der Waals surface area (Å²) >= 11 is 1.79. The predicted octanol–water partition coefficient (Wildman–Crippen LogP) is 5.07. The van der Waals surface area contributed by atoms with Gasteiger partial charge in [0.05, 0.1) is 10.2 Å². The van der Waals surface area contributed by atoms with E-state index in [1.54, 1.807) is 11.3 Å². The zero-order chi connectivity index (χ0) is 19.8. The van der Waals surface area contributed by atoms with Crippen molar-refractivity contribution in [2.75, 3.05) is 18.0 Å². The molecule has 2 aliphatic rings. The molecule has 4 nitrogen and oxygen atoms in total. The molecule has 1 aromatic heterocycles. The zero-order valence-corrected chi connectivity index (χ0v) is 18.4. The Morgan fingerprint density at radius 3 is 2.64 bits per heavy atom. The molecule has 0 spiro atoms. The van der Waals surface area contributed by atoms with Crippen molar-refractivity contribution in [2.24, 2.45) is 17.8 Å². The van der Waals surface area contributed by atoms with E-state index in [1.807, 2.05) is 0 Å². The number of benzene rings is 1. The molecule has 5 heteroatoms. The summed E-state index contributed by atoms with van der Waals surface area (Å²) in [6.45, 7) is 10.8. The van der Waals surface area contributed by atoms with Crippen LogP contribution in [0.2, 0.25) is 0 Å². The van der Waals surface area contributed by atoms with Crippen LogP contribution in [0.25, 0.3) is 10.2 Å². The molecule has 1 saturated heterocycles. The van der Waals surface area contributed by atoms with Gasteiger partial charge in [0, 0.05) is 25.0 Å². The minimum Gasteiger partial charge on any atom is -0.353 e. The first kappa shape index (κ1) is 19.7. The van der Waals surface area contributed by atoms with Gasteiger partial charge in [-0.1, -0.05) is 44.1 Å². The van der Waals surface area contributed by atoms with Crippen molar-refractivity contribution in [3.05, 3.63) is 23.3 Å². The molecule has 152 valence electrons. The molecule has 1 N–H and O–H groups in total. The average molecular weight is 400 g/mol. The molecule has 1 aliphatic carbocycles. The van der Waals surface area contributed by atoms with Crippen LogP contribution in [-0.2, 0) is 4.79 Å². The molecule has 0 bridgehead atoms. The van der Waals surface area contributed by atoms with Crippen molar-refractivity contribution in [1.82, 2.24) is 10.3 Å². The molecule has 2 heterocycles. The number of aryl methyl sites for hydroxylation is 2. The quantitative estimate of drug-likeness (QED) is 0.784. The van der Waals surface area contributed by atoms with E-state index in [0.717, 1.165) is 43.0 Å². The lowest BCUT2D eigenvalue weighted by molar-refractivity contribution is -0.127. The Labute approximate surface area is 172 Å². The molecule has 3 atom stereocenters. The number of aromatic nitrogens is 1. The maximum absolute atomic E-state index is 12.8. The second-order valence-electron chi connectivity index (χ2n) is 9.07. The van der Waals surface area contributed by atoms with Gasteiger partial charge < -0.3 is 10.2 Å². The molecule has 1 aromatic carbocycles. The highest BCUT2D eigenvalue weighted by atomic mass is 32.1. The van der Waals surface area contributed by atoms with E-state index in [2.05, 4.69) is 50.0 Å². The number of amides is 1. The summed E-state index contributed by atoms with van der Waals surface area (Å²) in [4.78, 5) is 20.1. The third-order valence-corrected chi connectivity index (χ3v) is 8.05. The number of thiazole rings is 1. The van der Waals surface area contributed by atoms with Gasteiger partial charge in [-0.15, -0.1) is 0 Å². The molecule has 1 saturated carbocycles. The molecule has 4 rings (SSSR count). The number of piperidine rings is 1. The van der Waals surface area contributed by atoms with E-state index in [9.17, 15) is 4.79 Å². The van der Waals surface area contributed by atoms with Crippen LogP contribution in [0.5, 0.6) is 0 Å². The summed E-state index contributed by atoms with van der Waals surface area (Å²) in [7, 11) is 0. The molecular weight excluding hydrogens is 366 g/mol. The number of anilines is 1. The average Bonchev–Trinajstić information content (AvgIpc) is 3.10. The predicted molar refractivity (Wildman–Crippen MR) is 118 cm³/mol. The number of hydrogen-bond acceptors (Lipinski definition) is 4. The number of nitrogens with one attached hydrogen (secondary N) is 1. The lowest BCUT2D eigenvalue weighted by Gasteiger charge is -2.37. The van der Waals surface area contributed by atoms with E-state index < -0.39 is 0 Å². The largest absolute Gasteiger partial charge is 0.353 e. The van der Waals surface area contributed by atoms with Crippen molar-refractivity contribution >= 4 is 32.6 Å². The summed E-state index contributed by atoms with van der Waals surface area (Å²) in [6.07, 6.45) is 5.53. The summed E-state index contributed by atoms with van der Waals surface area (Å²) < 4.78 is 1.27. The van der Waals surface area contributed by atoms with Crippen LogP contribution in [-0.4, -0.2) is 30.0 Å². The molecule has 28 heavy (non-hydrogen) atoms. The first-order chi connectivity index (χ1) is 13.4. The van der Waals surface area contributed by atoms with Crippen molar-refractivity contribution in [1.29, 1.82) is 0 Å². The maximum atomic E-state index is 12.8. The second-order valence-corrected chi connectivity index (χ2v) is 10.1. The number of carbonyl (C=O) groups is 1. The van der Waals surface area contributed by atoms with Gasteiger partial charge in [-0.3, -0.25) is 4.79 Å². The fourth-order valence-corrected chi connectivity index (χ4v) is 6.11. The Hall–Kier alpha value is -1.62. The third kappa shape index (κ3) is 3.91. The van der Waals surface area contributed by atoms with Crippen LogP contribution in [0.1, 0.15) is 57.1 Å². The van der Waals surface area contributed by atoms with Crippen molar-refractivity contribution < 1.29 is 4.79 Å². The third-order valence-electron chi connectivity index (χ3n) is 6.99. The zero-order valence-electron chi connectivity index (χ0n) is 17.6. The van der Waals surface area contributed by atoms with Crippen LogP contribution >= 0.6 is 11.3 Å². The first-order valence-electron chi connectivity index (χ1n) is 10.9. The number of hydrogen-bond donors (Lipinski definition) is 1. The van der Waals surface area contributed by atoms with Gasteiger partial charge >= 0.3 is 0 Å². The van der Waals surface area contributed by atoms with Crippen LogP contribution in [0.15, 0.2) is 12.1 Å². The molecule has 0 radical (unpaired) electrons. The van der Waals surface area contributed by atoms with Crippen LogP contribution in [0, 0.1) is 31.6 Å².